The highest BCUT2D eigenvalue weighted by atomic mass is 16.5. The van der Waals surface area contributed by atoms with Crippen molar-refractivity contribution in [3.05, 3.63) is 0 Å². The molecule has 0 saturated heterocycles. The van der Waals surface area contributed by atoms with Gasteiger partial charge in [0.2, 0.25) is 0 Å². The lowest BCUT2D eigenvalue weighted by molar-refractivity contribution is -0.183. The Bertz CT molecular complexity index is 330. The van der Waals surface area contributed by atoms with E-state index in [0.717, 1.165) is 12.8 Å². The average Bonchev–Trinajstić information content (AvgIpc) is 2.32. The molecule has 4 heteroatoms. The molecule has 0 saturated carbocycles. The topological polar surface area (TPSA) is 63.6 Å². The maximum absolute atomic E-state index is 12.6. The minimum Gasteiger partial charge on any atom is -0.480 e. The summed E-state index contributed by atoms with van der Waals surface area (Å²) in [6.45, 7) is 11.2. The molecule has 2 atom stereocenters. The summed E-state index contributed by atoms with van der Waals surface area (Å²) in [5, 5.41) is 9.68. The molecule has 0 bridgehead atoms. The molecule has 118 valence electrons. The lowest BCUT2D eigenvalue weighted by atomic mass is 9.64. The minimum absolute atomic E-state index is 0.189. The van der Waals surface area contributed by atoms with Gasteiger partial charge in [-0.3, -0.25) is 9.59 Å². The van der Waals surface area contributed by atoms with Crippen molar-refractivity contribution in [1.29, 1.82) is 0 Å². The number of rotatable bonds is 8. The molecule has 0 aliphatic heterocycles. The van der Waals surface area contributed by atoms with Crippen LogP contribution in [0.5, 0.6) is 0 Å². The molecular weight excluding hydrogens is 256 g/mol. The Labute approximate surface area is 122 Å². The predicted octanol–water partition coefficient (Wildman–Crippen LogP) is 4.03. The lowest BCUT2D eigenvalue weighted by Crippen LogP contribution is -2.51. The molecule has 4 nitrogen and oxygen atoms in total. The molecular formula is C16H30O4. The second kappa shape index (κ2) is 7.65. The molecule has 2 unspecified atom stereocenters. The number of hydrogen-bond donors (Lipinski definition) is 1. The Hall–Kier alpha value is -1.06. The van der Waals surface area contributed by atoms with E-state index in [0.29, 0.717) is 19.3 Å². The first-order chi connectivity index (χ1) is 9.17. The number of esters is 1. The highest BCUT2D eigenvalue weighted by Gasteiger charge is 2.56. The second-order valence-electron chi connectivity index (χ2n) is 6.43. The summed E-state index contributed by atoms with van der Waals surface area (Å²) in [7, 11) is 0. The Morgan fingerprint density at radius 2 is 1.65 bits per heavy atom. The van der Waals surface area contributed by atoms with E-state index < -0.39 is 22.8 Å². The quantitative estimate of drug-likeness (QED) is 0.540. The van der Waals surface area contributed by atoms with Gasteiger partial charge in [-0.2, -0.15) is 0 Å². The SMILES string of the molecule is CCCC(CC)OC(=O)C(CCC)(C(=O)O)C(C)(C)C. The van der Waals surface area contributed by atoms with Crippen LogP contribution in [-0.4, -0.2) is 23.1 Å². The first kappa shape index (κ1) is 18.9. The molecule has 0 aromatic carbocycles. The highest BCUT2D eigenvalue weighted by Crippen LogP contribution is 2.44. The Morgan fingerprint density at radius 3 is 1.95 bits per heavy atom. The number of carbonyl (C=O) groups is 2. The van der Waals surface area contributed by atoms with E-state index in [4.69, 9.17) is 4.74 Å². The lowest BCUT2D eigenvalue weighted by Gasteiger charge is -2.39. The van der Waals surface area contributed by atoms with Crippen molar-refractivity contribution in [2.24, 2.45) is 10.8 Å². The second-order valence-corrected chi connectivity index (χ2v) is 6.43. The molecule has 0 fully saturated rings. The average molecular weight is 286 g/mol. The van der Waals surface area contributed by atoms with Gasteiger partial charge in [0.25, 0.3) is 0 Å². The molecule has 1 N–H and O–H groups in total. The fourth-order valence-electron chi connectivity index (χ4n) is 2.59. The van der Waals surface area contributed by atoms with Crippen molar-refractivity contribution in [2.75, 3.05) is 0 Å². The van der Waals surface area contributed by atoms with Gasteiger partial charge in [-0.05, 0) is 24.7 Å². The Balaban J connectivity index is 5.42. The molecule has 0 heterocycles. The van der Waals surface area contributed by atoms with Crippen molar-refractivity contribution in [1.82, 2.24) is 0 Å². The van der Waals surface area contributed by atoms with Crippen LogP contribution in [-0.2, 0) is 14.3 Å². The largest absolute Gasteiger partial charge is 0.480 e. The number of ether oxygens (including phenoxy) is 1. The first-order valence-corrected chi connectivity index (χ1v) is 7.61. The Kier molecular flexibility index (Phi) is 7.25. The number of carboxylic acid groups (broad SMARTS) is 1. The van der Waals surface area contributed by atoms with Gasteiger partial charge in [-0.25, -0.2) is 0 Å². The Morgan fingerprint density at radius 1 is 1.10 bits per heavy atom. The predicted molar refractivity (Wildman–Crippen MR) is 79.5 cm³/mol. The smallest absolute Gasteiger partial charge is 0.324 e. The molecule has 0 rings (SSSR count). The van der Waals surface area contributed by atoms with Crippen molar-refractivity contribution >= 4 is 11.9 Å². The third-order valence-electron chi connectivity index (χ3n) is 3.96. The fourth-order valence-corrected chi connectivity index (χ4v) is 2.59. The van der Waals surface area contributed by atoms with Crippen molar-refractivity contribution in [2.45, 2.75) is 79.8 Å². The third kappa shape index (κ3) is 3.97. The molecule has 20 heavy (non-hydrogen) atoms. The van der Waals surface area contributed by atoms with Gasteiger partial charge in [0, 0.05) is 0 Å². The van der Waals surface area contributed by atoms with E-state index in [2.05, 4.69) is 0 Å². The minimum atomic E-state index is -1.47. The van der Waals surface area contributed by atoms with E-state index in [9.17, 15) is 14.7 Å². The van der Waals surface area contributed by atoms with Gasteiger partial charge in [0.15, 0.2) is 5.41 Å². The monoisotopic (exact) mass is 286 g/mol. The normalized spacial score (nSPS) is 16.3. The maximum atomic E-state index is 12.6. The molecule has 0 aliphatic rings. The van der Waals surface area contributed by atoms with Crippen LogP contribution in [0.15, 0.2) is 0 Å². The molecule has 0 spiro atoms. The van der Waals surface area contributed by atoms with Crippen LogP contribution >= 0.6 is 0 Å². The standard InChI is InChI=1S/C16H30O4/c1-7-10-12(9-3)20-14(19)16(11-8-2,13(17)18)15(4,5)6/h12H,7-11H2,1-6H3,(H,17,18). The summed E-state index contributed by atoms with van der Waals surface area (Å²) in [6.07, 6.45) is 3.14. The molecule has 0 radical (unpaired) electrons. The maximum Gasteiger partial charge on any atom is 0.324 e. The highest BCUT2D eigenvalue weighted by molar-refractivity contribution is 6.00. The van der Waals surface area contributed by atoms with Crippen LogP contribution < -0.4 is 0 Å². The van der Waals surface area contributed by atoms with Gasteiger partial charge >= 0.3 is 11.9 Å². The number of hydrogen-bond acceptors (Lipinski definition) is 3. The number of aliphatic carboxylic acids is 1. The summed E-state index contributed by atoms with van der Waals surface area (Å²) in [4.78, 5) is 24.4. The zero-order valence-electron chi connectivity index (χ0n) is 13.8. The van der Waals surface area contributed by atoms with Crippen molar-refractivity contribution < 1.29 is 19.4 Å². The van der Waals surface area contributed by atoms with E-state index in [1.54, 1.807) is 20.8 Å². The van der Waals surface area contributed by atoms with Crippen LogP contribution in [0.4, 0.5) is 0 Å². The summed E-state index contributed by atoms with van der Waals surface area (Å²) < 4.78 is 5.53. The van der Waals surface area contributed by atoms with Crippen LogP contribution in [0, 0.1) is 10.8 Å². The zero-order chi connectivity index (χ0) is 16.0. The van der Waals surface area contributed by atoms with Crippen LogP contribution in [0.3, 0.4) is 0 Å². The number of carboxylic acids is 1. The van der Waals surface area contributed by atoms with Gasteiger partial charge in [0.05, 0.1) is 0 Å². The zero-order valence-corrected chi connectivity index (χ0v) is 13.8. The van der Waals surface area contributed by atoms with E-state index in [1.165, 1.54) is 0 Å². The molecule has 0 amide bonds. The van der Waals surface area contributed by atoms with E-state index in [-0.39, 0.29) is 6.10 Å². The summed E-state index contributed by atoms with van der Waals surface area (Å²) in [5.41, 5.74) is -2.15. The van der Waals surface area contributed by atoms with E-state index in [1.807, 2.05) is 20.8 Å². The van der Waals surface area contributed by atoms with Gasteiger partial charge in [-0.1, -0.05) is 54.4 Å². The van der Waals surface area contributed by atoms with Crippen molar-refractivity contribution in [3.63, 3.8) is 0 Å². The van der Waals surface area contributed by atoms with Crippen molar-refractivity contribution in [3.8, 4) is 0 Å². The summed E-state index contributed by atoms with van der Waals surface area (Å²) in [5.74, 6) is -1.66. The third-order valence-corrected chi connectivity index (χ3v) is 3.96. The fraction of sp³-hybridized carbons (Fsp3) is 0.875. The molecule has 0 aromatic rings. The van der Waals surface area contributed by atoms with Gasteiger partial charge < -0.3 is 9.84 Å². The summed E-state index contributed by atoms with van der Waals surface area (Å²) in [6, 6.07) is 0. The van der Waals surface area contributed by atoms with Crippen LogP contribution in [0.1, 0.15) is 73.6 Å². The molecule has 0 aromatic heterocycles. The van der Waals surface area contributed by atoms with Crippen LogP contribution in [0.25, 0.3) is 0 Å². The molecule has 0 aliphatic carbocycles. The summed E-state index contributed by atoms with van der Waals surface area (Å²) >= 11 is 0. The first-order valence-electron chi connectivity index (χ1n) is 7.61. The van der Waals surface area contributed by atoms with E-state index >= 15 is 0 Å². The van der Waals surface area contributed by atoms with Crippen LogP contribution in [0.2, 0.25) is 0 Å². The van der Waals surface area contributed by atoms with Gasteiger partial charge in [0.1, 0.15) is 6.10 Å². The number of carbonyl (C=O) groups excluding carboxylic acids is 1. The van der Waals surface area contributed by atoms with Gasteiger partial charge in [-0.15, -0.1) is 0 Å².